The van der Waals surface area contributed by atoms with E-state index in [1.165, 1.54) is 37.7 Å². The summed E-state index contributed by atoms with van der Waals surface area (Å²) in [6.45, 7) is 1.95. The van der Waals surface area contributed by atoms with E-state index < -0.39 is 0 Å². The van der Waals surface area contributed by atoms with Crippen LogP contribution < -0.4 is 10.1 Å². The zero-order valence-electron chi connectivity index (χ0n) is 10.6. The first-order valence-corrected chi connectivity index (χ1v) is 7.36. The summed E-state index contributed by atoms with van der Waals surface area (Å²) in [6.07, 6.45) is 6.40. The summed E-state index contributed by atoms with van der Waals surface area (Å²) >= 11 is 6.19. The summed E-state index contributed by atoms with van der Waals surface area (Å²) in [5.74, 6) is 1.71. The fourth-order valence-corrected chi connectivity index (χ4v) is 2.74. The van der Waals surface area contributed by atoms with Gasteiger partial charge >= 0.3 is 0 Å². The Morgan fingerprint density at radius 1 is 1.17 bits per heavy atom. The van der Waals surface area contributed by atoms with Crippen LogP contribution in [0.5, 0.6) is 5.75 Å². The van der Waals surface area contributed by atoms with Crippen LogP contribution in [0.1, 0.15) is 43.7 Å². The molecule has 98 valence electrons. The number of ether oxygens (including phenoxy) is 1. The van der Waals surface area contributed by atoms with Gasteiger partial charge in [-0.2, -0.15) is 0 Å². The van der Waals surface area contributed by atoms with Crippen molar-refractivity contribution >= 4 is 11.6 Å². The lowest BCUT2D eigenvalue weighted by atomic mass is 9.97. The average Bonchev–Trinajstić information content (AvgIpc) is 3.21. The van der Waals surface area contributed by atoms with Gasteiger partial charge in [-0.15, -0.1) is 0 Å². The van der Waals surface area contributed by atoms with Gasteiger partial charge in [0.1, 0.15) is 5.75 Å². The number of piperidine rings is 1. The van der Waals surface area contributed by atoms with Crippen molar-refractivity contribution in [3.05, 3.63) is 28.8 Å². The molecule has 1 aromatic rings. The SMILES string of the molecule is Clc1cc(OCC2CC2)cc(C2CCCCN2)c1. The van der Waals surface area contributed by atoms with Gasteiger partial charge in [-0.05, 0) is 61.9 Å². The maximum Gasteiger partial charge on any atom is 0.121 e. The van der Waals surface area contributed by atoms with Crippen LogP contribution in [0.2, 0.25) is 5.02 Å². The second kappa shape index (κ2) is 5.50. The molecule has 1 saturated carbocycles. The Labute approximate surface area is 114 Å². The van der Waals surface area contributed by atoms with Crippen molar-refractivity contribution in [2.75, 3.05) is 13.2 Å². The van der Waals surface area contributed by atoms with E-state index in [-0.39, 0.29) is 0 Å². The van der Waals surface area contributed by atoms with E-state index in [9.17, 15) is 0 Å². The molecule has 1 heterocycles. The predicted octanol–water partition coefficient (Wildman–Crippen LogP) is 3.94. The number of hydrogen-bond acceptors (Lipinski definition) is 2. The van der Waals surface area contributed by atoms with Gasteiger partial charge in [0.25, 0.3) is 0 Å². The Bertz CT molecular complexity index is 411. The van der Waals surface area contributed by atoms with Gasteiger partial charge in [0.15, 0.2) is 0 Å². The van der Waals surface area contributed by atoms with E-state index in [2.05, 4.69) is 17.4 Å². The van der Waals surface area contributed by atoms with Crippen LogP contribution in [0, 0.1) is 5.92 Å². The zero-order valence-corrected chi connectivity index (χ0v) is 11.4. The van der Waals surface area contributed by atoms with E-state index in [0.29, 0.717) is 6.04 Å². The molecule has 0 radical (unpaired) electrons. The van der Waals surface area contributed by atoms with E-state index in [1.807, 2.05) is 6.07 Å². The highest BCUT2D eigenvalue weighted by Gasteiger charge is 2.22. The van der Waals surface area contributed by atoms with Crippen LogP contribution in [0.25, 0.3) is 0 Å². The molecule has 1 aromatic carbocycles. The monoisotopic (exact) mass is 265 g/mol. The van der Waals surface area contributed by atoms with E-state index in [1.54, 1.807) is 0 Å². The minimum absolute atomic E-state index is 0.445. The van der Waals surface area contributed by atoms with Gasteiger partial charge in [-0.1, -0.05) is 18.0 Å². The minimum Gasteiger partial charge on any atom is -0.493 e. The van der Waals surface area contributed by atoms with Crippen molar-refractivity contribution < 1.29 is 4.74 Å². The van der Waals surface area contributed by atoms with Crippen molar-refractivity contribution in [1.82, 2.24) is 5.32 Å². The average molecular weight is 266 g/mol. The molecule has 0 spiro atoms. The lowest BCUT2D eigenvalue weighted by Gasteiger charge is -2.24. The molecule has 18 heavy (non-hydrogen) atoms. The standard InChI is InChI=1S/C15H20ClNO/c16-13-7-12(15-3-1-2-6-17-15)8-14(9-13)18-10-11-4-5-11/h7-9,11,15,17H,1-6,10H2. The molecule has 1 saturated heterocycles. The van der Waals surface area contributed by atoms with E-state index in [0.717, 1.165) is 29.8 Å². The van der Waals surface area contributed by atoms with E-state index >= 15 is 0 Å². The smallest absolute Gasteiger partial charge is 0.121 e. The van der Waals surface area contributed by atoms with Crippen molar-refractivity contribution in [1.29, 1.82) is 0 Å². The third kappa shape index (κ3) is 3.18. The molecule has 1 aliphatic heterocycles. The normalized spacial score (nSPS) is 23.9. The van der Waals surface area contributed by atoms with Gasteiger partial charge in [0.2, 0.25) is 0 Å². The van der Waals surface area contributed by atoms with Gasteiger partial charge < -0.3 is 10.1 Å². The molecular weight excluding hydrogens is 246 g/mol. The second-order valence-electron chi connectivity index (χ2n) is 5.48. The summed E-state index contributed by atoms with van der Waals surface area (Å²) in [4.78, 5) is 0. The molecule has 3 heteroatoms. The molecule has 2 aliphatic rings. The number of benzene rings is 1. The molecular formula is C15H20ClNO. The second-order valence-corrected chi connectivity index (χ2v) is 5.91. The lowest BCUT2D eigenvalue weighted by Crippen LogP contribution is -2.26. The van der Waals surface area contributed by atoms with Gasteiger partial charge in [0, 0.05) is 11.1 Å². The van der Waals surface area contributed by atoms with Gasteiger partial charge in [-0.25, -0.2) is 0 Å². The fourth-order valence-electron chi connectivity index (χ4n) is 2.50. The van der Waals surface area contributed by atoms with Crippen molar-refractivity contribution in [2.24, 2.45) is 5.92 Å². The number of nitrogens with one attached hydrogen (secondary N) is 1. The van der Waals surface area contributed by atoms with Crippen LogP contribution in [0.3, 0.4) is 0 Å². The molecule has 1 atom stereocenters. The topological polar surface area (TPSA) is 21.3 Å². The van der Waals surface area contributed by atoms with Crippen LogP contribution >= 0.6 is 11.6 Å². The Kier molecular flexibility index (Phi) is 3.76. The Balaban J connectivity index is 1.71. The largest absolute Gasteiger partial charge is 0.493 e. The summed E-state index contributed by atoms with van der Waals surface area (Å²) < 4.78 is 5.83. The molecule has 1 N–H and O–H groups in total. The van der Waals surface area contributed by atoms with Crippen LogP contribution in [0.15, 0.2) is 18.2 Å². The summed E-state index contributed by atoms with van der Waals surface area (Å²) in [6, 6.07) is 6.59. The Morgan fingerprint density at radius 2 is 2.06 bits per heavy atom. The Morgan fingerprint density at radius 3 is 2.78 bits per heavy atom. The third-order valence-corrected chi connectivity index (χ3v) is 4.01. The number of rotatable bonds is 4. The zero-order chi connectivity index (χ0) is 12.4. The van der Waals surface area contributed by atoms with Crippen molar-refractivity contribution in [2.45, 2.75) is 38.1 Å². The third-order valence-electron chi connectivity index (χ3n) is 3.79. The Hall–Kier alpha value is -0.730. The maximum atomic E-state index is 6.19. The molecule has 1 aliphatic carbocycles. The van der Waals surface area contributed by atoms with Crippen molar-refractivity contribution in [3.63, 3.8) is 0 Å². The molecule has 0 aromatic heterocycles. The van der Waals surface area contributed by atoms with Gasteiger partial charge in [0.05, 0.1) is 6.61 Å². The van der Waals surface area contributed by atoms with Gasteiger partial charge in [-0.3, -0.25) is 0 Å². The summed E-state index contributed by atoms with van der Waals surface area (Å²) in [5, 5.41) is 4.34. The first-order chi connectivity index (χ1) is 8.81. The van der Waals surface area contributed by atoms with Crippen molar-refractivity contribution in [3.8, 4) is 5.75 Å². The maximum absolute atomic E-state index is 6.19. The summed E-state index contributed by atoms with van der Waals surface area (Å²) in [7, 11) is 0. The highest BCUT2D eigenvalue weighted by molar-refractivity contribution is 6.30. The molecule has 2 nitrogen and oxygen atoms in total. The highest BCUT2D eigenvalue weighted by atomic mass is 35.5. The highest BCUT2D eigenvalue weighted by Crippen LogP contribution is 2.32. The van der Waals surface area contributed by atoms with Crippen LogP contribution in [-0.2, 0) is 0 Å². The first kappa shape index (κ1) is 12.3. The van der Waals surface area contributed by atoms with Crippen LogP contribution in [0.4, 0.5) is 0 Å². The van der Waals surface area contributed by atoms with Crippen LogP contribution in [-0.4, -0.2) is 13.2 Å². The number of halogens is 1. The quantitative estimate of drug-likeness (QED) is 0.890. The first-order valence-electron chi connectivity index (χ1n) is 6.98. The predicted molar refractivity (Wildman–Crippen MR) is 74.3 cm³/mol. The molecule has 1 unspecified atom stereocenters. The molecule has 2 fully saturated rings. The van der Waals surface area contributed by atoms with E-state index in [4.69, 9.17) is 16.3 Å². The minimum atomic E-state index is 0.445. The molecule has 0 bridgehead atoms. The molecule has 3 rings (SSSR count). The lowest BCUT2D eigenvalue weighted by molar-refractivity contribution is 0.298. The summed E-state index contributed by atoms with van der Waals surface area (Å²) in [5.41, 5.74) is 1.27. The molecule has 0 amide bonds. The fraction of sp³-hybridized carbons (Fsp3) is 0.600. The number of hydrogen-bond donors (Lipinski definition) is 1.